The Morgan fingerprint density at radius 2 is 0.873 bits per heavy atom. The van der Waals surface area contributed by atoms with E-state index in [1.807, 2.05) is 66.7 Å². The molecule has 386 valence electrons. The zero-order chi connectivity index (χ0) is 53.6. The van der Waals surface area contributed by atoms with Crippen molar-refractivity contribution in [3.05, 3.63) is 128 Å². The van der Waals surface area contributed by atoms with Gasteiger partial charge in [0.05, 0.1) is 11.2 Å². The van der Waals surface area contributed by atoms with Gasteiger partial charge in [-0.05, 0) is 169 Å². The highest BCUT2D eigenvalue weighted by molar-refractivity contribution is 7.88. The van der Waals surface area contributed by atoms with E-state index in [1.165, 1.54) is 29.7 Å². The van der Waals surface area contributed by atoms with Gasteiger partial charge < -0.3 is 23.7 Å². The summed E-state index contributed by atoms with van der Waals surface area (Å²) in [6.45, 7) is 32.5. The minimum Gasteiger partial charge on any atom is -0.399 e. The van der Waals surface area contributed by atoms with Crippen molar-refractivity contribution in [1.29, 1.82) is 0 Å². The van der Waals surface area contributed by atoms with Gasteiger partial charge >= 0.3 is 22.7 Å². The lowest BCUT2D eigenvalue weighted by molar-refractivity contribution is -0.0500. The van der Waals surface area contributed by atoms with E-state index in [-0.39, 0.29) is 29.5 Å². The first-order valence-corrected chi connectivity index (χ1v) is 26.7. The highest BCUT2D eigenvalue weighted by atomic mass is 32.2. The third-order valence-electron chi connectivity index (χ3n) is 15.7. The number of alkyl halides is 3. The van der Waals surface area contributed by atoms with Gasteiger partial charge in [-0.1, -0.05) is 139 Å². The highest BCUT2D eigenvalue weighted by Crippen LogP contribution is 2.43. The van der Waals surface area contributed by atoms with E-state index in [0.29, 0.717) is 44.1 Å². The number of hydrogen-bond donors (Lipinski definition) is 2. The Kier molecular flexibility index (Phi) is 18.9. The molecule has 71 heavy (non-hydrogen) atoms. The van der Waals surface area contributed by atoms with E-state index in [9.17, 15) is 31.8 Å². The first-order chi connectivity index (χ1) is 33.0. The molecule has 4 aromatic rings. The summed E-state index contributed by atoms with van der Waals surface area (Å²) < 4.78 is 78.1. The molecule has 0 saturated carbocycles. The van der Waals surface area contributed by atoms with Crippen LogP contribution in [0.15, 0.2) is 72.8 Å². The maximum Gasteiger partial charge on any atom is 0.534 e. The van der Waals surface area contributed by atoms with Gasteiger partial charge in [-0.2, -0.15) is 21.6 Å². The van der Waals surface area contributed by atoms with E-state index in [1.54, 1.807) is 12.1 Å². The van der Waals surface area contributed by atoms with Crippen molar-refractivity contribution < 1.29 is 45.3 Å². The van der Waals surface area contributed by atoms with Crippen LogP contribution in [0.3, 0.4) is 0 Å². The van der Waals surface area contributed by atoms with Crippen LogP contribution in [-0.2, 0) is 30.3 Å². The Balaban J connectivity index is 0.000000309. The van der Waals surface area contributed by atoms with Crippen LogP contribution in [0.4, 0.5) is 13.2 Å². The topological polar surface area (TPSA) is 102 Å². The lowest BCUT2D eigenvalue weighted by Gasteiger charge is -2.34. The van der Waals surface area contributed by atoms with Crippen molar-refractivity contribution in [3.63, 3.8) is 0 Å². The Morgan fingerprint density at radius 3 is 1.18 bits per heavy atom. The van der Waals surface area contributed by atoms with Gasteiger partial charge in [0.15, 0.2) is 0 Å². The number of benzene rings is 4. The second kappa shape index (κ2) is 22.7. The molecule has 0 bridgehead atoms. The molecule has 0 amide bonds. The molecule has 1 saturated heterocycles. The predicted octanol–water partition coefficient (Wildman–Crippen LogP) is 13.2. The monoisotopic (exact) mass is 999 g/mol. The molecule has 4 aromatic carbocycles. The molecular formula is C59H78BF3O7S. The van der Waals surface area contributed by atoms with E-state index in [0.717, 1.165) is 51.7 Å². The quantitative estimate of drug-likeness (QED) is 0.0529. The van der Waals surface area contributed by atoms with Crippen LogP contribution in [0.25, 0.3) is 0 Å². The lowest BCUT2D eigenvalue weighted by Crippen LogP contribution is -2.41. The molecule has 1 aliphatic heterocycles. The fourth-order valence-electron chi connectivity index (χ4n) is 9.30. The summed E-state index contributed by atoms with van der Waals surface area (Å²) in [7, 11) is -6.10. The van der Waals surface area contributed by atoms with Crippen LogP contribution < -0.4 is 9.65 Å². The van der Waals surface area contributed by atoms with Crippen molar-refractivity contribution in [1.82, 2.24) is 0 Å². The van der Waals surface area contributed by atoms with E-state index >= 15 is 0 Å². The fraction of sp³-hybridized carbons (Fsp3) is 0.525. The standard InChI is InChI=1S/C32H45BO3.C27H33F3O4S/c1-11-31(34,12-2)20-19-25-15-16-26(21-23(25)5)32(13-3,14-4)27-17-18-28(24(6)22-27)33-35-29(7,8)30(9,10)36-33;1-7-25(31,8-2)16-15-21-11-12-22(17-19(21)5)26(9-3,10-4)23-13-14-24(20(6)18-23)34-35(32,33)27(28,29)30/h15-18,21-22,34H,11-14H2,1-10H3;11-14,17-18,31H,7-10H2,1-6H3. The molecule has 0 aliphatic carbocycles. The molecular weight excluding hydrogens is 921 g/mol. The molecule has 0 atom stereocenters. The average Bonchev–Trinajstić information content (AvgIpc) is 3.54. The smallest absolute Gasteiger partial charge is 0.399 e. The Hall–Kier alpha value is -4.56. The van der Waals surface area contributed by atoms with Crippen LogP contribution in [0.5, 0.6) is 5.75 Å². The molecule has 1 fully saturated rings. The van der Waals surface area contributed by atoms with Gasteiger partial charge in [0.1, 0.15) is 17.0 Å². The van der Waals surface area contributed by atoms with Crippen molar-refractivity contribution in [2.75, 3.05) is 0 Å². The summed E-state index contributed by atoms with van der Waals surface area (Å²) in [6, 6.07) is 23.9. The summed E-state index contributed by atoms with van der Waals surface area (Å²) >= 11 is 0. The maximum atomic E-state index is 12.7. The van der Waals surface area contributed by atoms with Crippen molar-refractivity contribution in [3.8, 4) is 29.4 Å². The molecule has 0 unspecified atom stereocenters. The Bertz CT molecular complexity index is 2720. The SMILES string of the molecule is CCC(O)(C#Cc1ccc(C(CC)(CC)c2ccc(B3OC(C)(C)C(C)(C)O3)c(C)c2)cc1C)CC.CCC(O)(C#Cc1ccc(C(CC)(CC)c2ccc(OS(=O)(=O)C(F)(F)F)c(C)c2)cc1C)CC. The number of hydrogen-bond acceptors (Lipinski definition) is 7. The summed E-state index contributed by atoms with van der Waals surface area (Å²) in [5.41, 5.74) is 2.25. The van der Waals surface area contributed by atoms with E-state index in [2.05, 4.69) is 120 Å². The van der Waals surface area contributed by atoms with Crippen LogP contribution in [0.1, 0.15) is 190 Å². The first-order valence-electron chi connectivity index (χ1n) is 25.3. The first kappa shape index (κ1) is 59.0. The molecule has 5 rings (SSSR count). The normalized spacial score (nSPS) is 15.0. The van der Waals surface area contributed by atoms with Crippen LogP contribution >= 0.6 is 0 Å². The zero-order valence-electron chi connectivity index (χ0n) is 45.1. The second-order valence-electron chi connectivity index (χ2n) is 20.2. The summed E-state index contributed by atoms with van der Waals surface area (Å²) in [5.74, 6) is 12.1. The van der Waals surface area contributed by atoms with Gasteiger partial charge in [-0.15, -0.1) is 0 Å². The van der Waals surface area contributed by atoms with E-state index < -0.39 is 32.2 Å². The fourth-order valence-corrected chi connectivity index (χ4v) is 9.82. The van der Waals surface area contributed by atoms with Gasteiger partial charge in [0, 0.05) is 22.0 Å². The Labute approximate surface area is 425 Å². The summed E-state index contributed by atoms with van der Waals surface area (Å²) in [4.78, 5) is 0. The van der Waals surface area contributed by atoms with Gasteiger partial charge in [0.2, 0.25) is 0 Å². The van der Waals surface area contributed by atoms with Gasteiger partial charge in [-0.3, -0.25) is 0 Å². The maximum absolute atomic E-state index is 12.7. The molecule has 2 N–H and O–H groups in total. The van der Waals surface area contributed by atoms with Crippen LogP contribution in [0, 0.1) is 51.4 Å². The number of aliphatic hydroxyl groups is 2. The number of halogens is 3. The van der Waals surface area contributed by atoms with Crippen molar-refractivity contribution in [2.45, 2.75) is 201 Å². The predicted molar refractivity (Wildman–Crippen MR) is 284 cm³/mol. The lowest BCUT2D eigenvalue weighted by atomic mass is 9.68. The molecule has 12 heteroatoms. The van der Waals surface area contributed by atoms with Crippen LogP contribution in [0.2, 0.25) is 0 Å². The third kappa shape index (κ3) is 12.6. The average molecular weight is 999 g/mol. The van der Waals surface area contributed by atoms with Crippen molar-refractivity contribution >= 4 is 22.7 Å². The number of aryl methyl sites for hydroxylation is 4. The van der Waals surface area contributed by atoms with Crippen LogP contribution in [-0.4, -0.2) is 53.7 Å². The summed E-state index contributed by atoms with van der Waals surface area (Å²) in [5, 5.41) is 21.1. The molecule has 1 heterocycles. The molecule has 0 aromatic heterocycles. The molecule has 7 nitrogen and oxygen atoms in total. The largest absolute Gasteiger partial charge is 0.534 e. The minimum absolute atomic E-state index is 0.0937. The molecule has 0 radical (unpaired) electrons. The number of rotatable bonds is 15. The second-order valence-corrected chi connectivity index (χ2v) is 21.8. The zero-order valence-corrected chi connectivity index (χ0v) is 46.0. The highest BCUT2D eigenvalue weighted by Gasteiger charge is 2.52. The van der Waals surface area contributed by atoms with E-state index in [4.69, 9.17) is 9.31 Å². The molecule has 0 spiro atoms. The van der Waals surface area contributed by atoms with Gasteiger partial charge in [0.25, 0.3) is 0 Å². The van der Waals surface area contributed by atoms with Gasteiger partial charge in [-0.25, -0.2) is 0 Å². The Morgan fingerprint density at radius 1 is 0.535 bits per heavy atom. The summed E-state index contributed by atoms with van der Waals surface area (Å²) in [6.07, 6.45) is 5.73. The minimum atomic E-state index is -5.75. The molecule has 1 aliphatic rings. The van der Waals surface area contributed by atoms with Crippen molar-refractivity contribution in [2.24, 2.45) is 0 Å². The third-order valence-corrected chi connectivity index (χ3v) is 16.7.